The van der Waals surface area contributed by atoms with Gasteiger partial charge in [-0.25, -0.2) is 5.48 Å². The maximum Gasteiger partial charge on any atom is 0.285 e. The molecule has 0 saturated heterocycles. The van der Waals surface area contributed by atoms with Crippen molar-refractivity contribution in [1.82, 2.24) is 5.48 Å². The smallest absolute Gasteiger partial charge is 0.285 e. The second-order valence-electron chi connectivity index (χ2n) is 6.32. The van der Waals surface area contributed by atoms with Crippen LogP contribution in [0.5, 0.6) is 0 Å². The van der Waals surface area contributed by atoms with E-state index in [0.717, 1.165) is 5.56 Å². The summed E-state index contributed by atoms with van der Waals surface area (Å²) in [6.45, 7) is 0.264. The van der Waals surface area contributed by atoms with Crippen LogP contribution in [-0.2, 0) is 21.5 Å². The normalized spacial score (nSPS) is 14.0. The molecule has 1 aliphatic heterocycles. The van der Waals surface area contributed by atoms with Crippen LogP contribution >= 0.6 is 0 Å². The van der Waals surface area contributed by atoms with Crippen LogP contribution in [0.4, 0.5) is 5.69 Å². The van der Waals surface area contributed by atoms with E-state index in [9.17, 15) is 13.2 Å². The van der Waals surface area contributed by atoms with Crippen LogP contribution in [0.1, 0.15) is 21.5 Å². The molecule has 1 amide bonds. The number of carbonyl (C=O) groups excluding carboxylic acids is 1. The molecule has 8 heteroatoms. The fourth-order valence-electron chi connectivity index (χ4n) is 2.86. The number of nitrogens with one attached hydrogen (secondary N) is 2. The van der Waals surface area contributed by atoms with Crippen LogP contribution in [-0.4, -0.2) is 20.2 Å². The lowest BCUT2D eigenvalue weighted by Gasteiger charge is -2.08. The average molecular weight is 407 g/mol. The third-order valence-electron chi connectivity index (χ3n) is 4.29. The fraction of sp³-hybridized carbons (Fsp3) is 0.0476. The first-order valence-electron chi connectivity index (χ1n) is 8.80. The second kappa shape index (κ2) is 7.86. The van der Waals surface area contributed by atoms with Gasteiger partial charge in [0.2, 0.25) is 0 Å². The molecule has 0 atom stereocenters. The average Bonchev–Trinajstić information content (AvgIpc) is 2.99. The molecule has 0 bridgehead atoms. The summed E-state index contributed by atoms with van der Waals surface area (Å²) in [6.07, 6.45) is 0. The molecule has 0 unspecified atom stereocenters. The Morgan fingerprint density at radius 1 is 0.897 bits per heavy atom. The number of hydrogen-bond donors (Lipinski definition) is 2. The minimum Gasteiger partial charge on any atom is -0.339 e. The molecule has 0 saturated carbocycles. The Balaban J connectivity index is 1.39. The van der Waals surface area contributed by atoms with Crippen LogP contribution in [0.15, 0.2) is 88.2 Å². The Bertz CT molecular complexity index is 1170. The molecule has 0 radical (unpaired) electrons. The standard InChI is InChI=1S/C21H17N3O4S/c25-21(23-28-14-15-6-2-1-3-7-15)16-10-12-17(13-11-16)22-20-18-8-4-5-9-19(18)29(26,27)24-20/h1-13H,14H2,(H,22,24)(H,23,25). The van der Waals surface area contributed by atoms with Gasteiger partial charge in [0.05, 0.1) is 6.61 Å². The number of carbonyl (C=O) groups is 1. The van der Waals surface area contributed by atoms with E-state index < -0.39 is 10.0 Å². The van der Waals surface area contributed by atoms with E-state index >= 15 is 0 Å². The number of nitrogens with zero attached hydrogens (tertiary/aromatic N) is 1. The SMILES string of the molecule is O=C(NOCc1ccccc1)c1ccc(NC2=NS(=O)(=O)c3ccccc32)cc1. The van der Waals surface area contributed by atoms with Gasteiger partial charge in [-0.15, -0.1) is 4.40 Å². The minimum absolute atomic E-state index is 0.175. The van der Waals surface area contributed by atoms with Gasteiger partial charge in [0.1, 0.15) is 4.90 Å². The summed E-state index contributed by atoms with van der Waals surface area (Å²) in [4.78, 5) is 17.6. The number of fused-ring (bicyclic) bond motifs is 1. The Morgan fingerprint density at radius 2 is 1.59 bits per heavy atom. The van der Waals surface area contributed by atoms with Crippen molar-refractivity contribution < 1.29 is 18.0 Å². The number of rotatable bonds is 5. The van der Waals surface area contributed by atoms with Gasteiger partial charge in [0, 0.05) is 16.8 Å². The number of amides is 1. The van der Waals surface area contributed by atoms with E-state index in [4.69, 9.17) is 4.84 Å². The number of sulfonamides is 1. The first-order valence-corrected chi connectivity index (χ1v) is 10.2. The van der Waals surface area contributed by atoms with Gasteiger partial charge in [0.15, 0.2) is 5.84 Å². The molecule has 2 N–H and O–H groups in total. The summed E-state index contributed by atoms with van der Waals surface area (Å²) < 4.78 is 28.0. The van der Waals surface area contributed by atoms with Crippen molar-refractivity contribution in [2.24, 2.45) is 4.40 Å². The zero-order chi connectivity index (χ0) is 20.3. The summed E-state index contributed by atoms with van der Waals surface area (Å²) in [7, 11) is -3.68. The van der Waals surface area contributed by atoms with Crippen molar-refractivity contribution in [3.05, 3.63) is 95.6 Å². The summed E-state index contributed by atoms with van der Waals surface area (Å²) >= 11 is 0. The molecule has 0 fully saturated rings. The Labute approximate surface area is 168 Å². The summed E-state index contributed by atoms with van der Waals surface area (Å²) in [6, 6.07) is 22.7. The summed E-state index contributed by atoms with van der Waals surface area (Å²) in [5, 5.41) is 2.99. The highest BCUT2D eigenvalue weighted by molar-refractivity contribution is 7.90. The van der Waals surface area contributed by atoms with Gasteiger partial charge in [-0.3, -0.25) is 9.63 Å². The topological polar surface area (TPSA) is 96.9 Å². The first-order chi connectivity index (χ1) is 14.0. The maximum absolute atomic E-state index is 12.2. The van der Waals surface area contributed by atoms with E-state index in [1.165, 1.54) is 6.07 Å². The molecule has 0 aliphatic carbocycles. The number of anilines is 1. The van der Waals surface area contributed by atoms with Gasteiger partial charge < -0.3 is 5.32 Å². The van der Waals surface area contributed by atoms with Gasteiger partial charge >= 0.3 is 0 Å². The quantitative estimate of drug-likeness (QED) is 0.634. The lowest BCUT2D eigenvalue weighted by atomic mass is 10.1. The van der Waals surface area contributed by atoms with E-state index in [-0.39, 0.29) is 23.2 Å². The lowest BCUT2D eigenvalue weighted by molar-refractivity contribution is 0.0233. The molecule has 3 aromatic rings. The van der Waals surface area contributed by atoms with E-state index in [2.05, 4.69) is 15.2 Å². The lowest BCUT2D eigenvalue weighted by Crippen LogP contribution is -2.23. The van der Waals surface area contributed by atoms with Crippen molar-refractivity contribution >= 4 is 27.5 Å². The van der Waals surface area contributed by atoms with Gasteiger partial charge in [-0.1, -0.05) is 42.5 Å². The summed E-state index contributed by atoms with van der Waals surface area (Å²) in [5.74, 6) is -0.123. The molecular weight excluding hydrogens is 390 g/mol. The fourth-order valence-corrected chi connectivity index (χ4v) is 4.03. The zero-order valence-corrected chi connectivity index (χ0v) is 16.0. The Hall–Kier alpha value is -3.49. The van der Waals surface area contributed by atoms with E-state index in [1.807, 2.05) is 30.3 Å². The van der Waals surface area contributed by atoms with E-state index in [1.54, 1.807) is 42.5 Å². The van der Waals surface area contributed by atoms with Crippen molar-refractivity contribution in [1.29, 1.82) is 0 Å². The third-order valence-corrected chi connectivity index (χ3v) is 5.62. The largest absolute Gasteiger partial charge is 0.339 e. The van der Waals surface area contributed by atoms with Crippen LogP contribution < -0.4 is 10.8 Å². The molecule has 1 aliphatic rings. The van der Waals surface area contributed by atoms with Gasteiger partial charge in [0.25, 0.3) is 15.9 Å². The molecule has 4 rings (SSSR count). The predicted octanol–water partition coefficient (Wildman–Crippen LogP) is 3.11. The molecule has 3 aromatic carbocycles. The number of hydroxylamine groups is 1. The van der Waals surface area contributed by atoms with Crippen LogP contribution in [0, 0.1) is 0 Å². The highest BCUT2D eigenvalue weighted by Gasteiger charge is 2.28. The monoisotopic (exact) mass is 407 g/mol. The maximum atomic E-state index is 12.2. The van der Waals surface area contributed by atoms with E-state index in [0.29, 0.717) is 16.8 Å². The molecule has 29 heavy (non-hydrogen) atoms. The first kappa shape index (κ1) is 18.9. The van der Waals surface area contributed by atoms with Gasteiger partial charge in [-0.05, 0) is 42.0 Å². The van der Waals surface area contributed by atoms with Crippen LogP contribution in [0.25, 0.3) is 0 Å². The van der Waals surface area contributed by atoms with Crippen molar-refractivity contribution in [2.75, 3.05) is 5.32 Å². The van der Waals surface area contributed by atoms with Gasteiger partial charge in [-0.2, -0.15) is 8.42 Å². The predicted molar refractivity (Wildman–Crippen MR) is 109 cm³/mol. The molecule has 146 valence electrons. The third kappa shape index (κ3) is 4.18. The van der Waals surface area contributed by atoms with Crippen LogP contribution in [0.2, 0.25) is 0 Å². The summed E-state index contributed by atoms with van der Waals surface area (Å²) in [5.41, 5.74) is 4.88. The highest BCUT2D eigenvalue weighted by Crippen LogP contribution is 2.26. The van der Waals surface area contributed by atoms with Crippen molar-refractivity contribution in [3.63, 3.8) is 0 Å². The molecule has 0 aromatic heterocycles. The molecule has 1 heterocycles. The second-order valence-corrected chi connectivity index (χ2v) is 7.89. The Kier molecular flexibility index (Phi) is 5.11. The van der Waals surface area contributed by atoms with Crippen LogP contribution in [0.3, 0.4) is 0 Å². The van der Waals surface area contributed by atoms with Crippen molar-refractivity contribution in [2.45, 2.75) is 11.5 Å². The van der Waals surface area contributed by atoms with Crippen molar-refractivity contribution in [3.8, 4) is 0 Å². The minimum atomic E-state index is -3.68. The Morgan fingerprint density at radius 3 is 2.34 bits per heavy atom. The zero-order valence-electron chi connectivity index (χ0n) is 15.2. The number of benzene rings is 3. The molecule has 7 nitrogen and oxygen atoms in total. The molecule has 0 spiro atoms. The number of hydrogen-bond acceptors (Lipinski definition) is 5. The highest BCUT2D eigenvalue weighted by atomic mass is 32.2. The molecular formula is C21H17N3O4S. The number of amidine groups is 1.